The van der Waals surface area contributed by atoms with Crippen LogP contribution < -0.4 is 5.32 Å². The van der Waals surface area contributed by atoms with E-state index in [2.05, 4.69) is 43.4 Å². The van der Waals surface area contributed by atoms with Gasteiger partial charge in [-0.25, -0.2) is 0 Å². The molecule has 6 heteroatoms. The minimum atomic E-state index is -0.642. The highest BCUT2D eigenvalue weighted by atomic mass is 35.5. The molecule has 1 atom stereocenters. The number of benzene rings is 2. The Labute approximate surface area is 202 Å². The van der Waals surface area contributed by atoms with Gasteiger partial charge in [-0.15, -0.1) is 0 Å². The molecule has 0 heterocycles. The molecule has 0 bridgehead atoms. The quantitative estimate of drug-likeness (QED) is 0.480. The molecule has 0 aliphatic carbocycles. The predicted molar refractivity (Wildman–Crippen MR) is 133 cm³/mol. The van der Waals surface area contributed by atoms with Crippen molar-refractivity contribution in [3.63, 3.8) is 0 Å². The van der Waals surface area contributed by atoms with Crippen molar-refractivity contribution in [1.29, 1.82) is 0 Å². The van der Waals surface area contributed by atoms with Crippen LogP contribution >= 0.6 is 23.2 Å². The van der Waals surface area contributed by atoms with Gasteiger partial charge in [0.2, 0.25) is 11.8 Å². The molecule has 0 fully saturated rings. The number of aryl methyl sites for hydroxylation is 1. The number of nitrogens with zero attached hydrogens (tertiary/aromatic N) is 1. The van der Waals surface area contributed by atoms with E-state index in [0.29, 0.717) is 28.8 Å². The van der Waals surface area contributed by atoms with Crippen molar-refractivity contribution in [3.8, 4) is 0 Å². The van der Waals surface area contributed by atoms with Gasteiger partial charge in [0.05, 0.1) is 0 Å². The molecular weight excluding hydrogens is 443 g/mol. The van der Waals surface area contributed by atoms with E-state index in [9.17, 15) is 9.59 Å². The molecule has 2 amide bonds. The van der Waals surface area contributed by atoms with Gasteiger partial charge in [-0.2, -0.15) is 0 Å². The fraction of sp³-hybridized carbons (Fsp3) is 0.462. The first kappa shape index (κ1) is 26.2. The topological polar surface area (TPSA) is 49.4 Å². The van der Waals surface area contributed by atoms with E-state index < -0.39 is 11.6 Å². The van der Waals surface area contributed by atoms with Crippen molar-refractivity contribution >= 4 is 35.0 Å². The molecule has 0 aliphatic rings. The Balaban J connectivity index is 2.19. The van der Waals surface area contributed by atoms with Crippen LogP contribution in [0.3, 0.4) is 0 Å². The molecule has 32 heavy (non-hydrogen) atoms. The van der Waals surface area contributed by atoms with E-state index >= 15 is 0 Å². The molecule has 2 aromatic carbocycles. The number of carbonyl (C=O) groups excluding carboxylic acids is 2. The summed E-state index contributed by atoms with van der Waals surface area (Å²) >= 11 is 12.4. The van der Waals surface area contributed by atoms with E-state index in [4.69, 9.17) is 23.2 Å². The molecule has 1 N–H and O–H groups in total. The van der Waals surface area contributed by atoms with Crippen molar-refractivity contribution in [2.45, 2.75) is 78.4 Å². The summed E-state index contributed by atoms with van der Waals surface area (Å²) in [7, 11) is 0. The third kappa shape index (κ3) is 7.83. The molecule has 174 valence electrons. The first-order valence-electron chi connectivity index (χ1n) is 11.0. The molecule has 0 radical (unpaired) electrons. The third-order valence-electron chi connectivity index (χ3n) is 5.30. The Hall–Kier alpha value is -2.04. The van der Waals surface area contributed by atoms with Crippen LogP contribution in [0.4, 0.5) is 0 Å². The first-order chi connectivity index (χ1) is 14.9. The zero-order chi connectivity index (χ0) is 24.1. The second-order valence-corrected chi connectivity index (χ2v) is 10.4. The summed E-state index contributed by atoms with van der Waals surface area (Å²) in [4.78, 5) is 27.7. The molecular formula is C26H34Cl2N2O2. The van der Waals surface area contributed by atoms with Gasteiger partial charge in [-0.3, -0.25) is 9.59 Å². The largest absolute Gasteiger partial charge is 0.350 e. The van der Waals surface area contributed by atoms with E-state index in [-0.39, 0.29) is 18.4 Å². The zero-order valence-electron chi connectivity index (χ0n) is 19.8. The second-order valence-electron chi connectivity index (χ2n) is 9.57. The lowest BCUT2D eigenvalue weighted by atomic mass is 10.00. The standard InChI is InChI=1S/C26H34Cl2N2O2/c1-17(2)20-10-7-19(8-11-20)9-14-24(31)30(18(3)25(32)29-26(4,5)6)16-21-12-13-22(27)15-23(21)28/h7-8,10-13,15,17-18H,9,14,16H2,1-6H3,(H,29,32). The van der Waals surface area contributed by atoms with Gasteiger partial charge in [0.1, 0.15) is 6.04 Å². The number of carbonyl (C=O) groups is 2. The van der Waals surface area contributed by atoms with Gasteiger partial charge in [-0.1, -0.05) is 67.4 Å². The Morgan fingerprint density at radius 2 is 1.62 bits per heavy atom. The van der Waals surface area contributed by atoms with E-state index in [1.807, 2.05) is 20.8 Å². The molecule has 0 spiro atoms. The molecule has 2 rings (SSSR count). The van der Waals surface area contributed by atoms with Crippen LogP contribution in [0, 0.1) is 0 Å². The summed E-state index contributed by atoms with van der Waals surface area (Å²) in [5.74, 6) is 0.171. The average molecular weight is 477 g/mol. The number of halogens is 2. The van der Waals surface area contributed by atoms with Gasteiger partial charge in [0.25, 0.3) is 0 Å². The molecule has 0 saturated heterocycles. The van der Waals surface area contributed by atoms with Crippen LogP contribution in [0.25, 0.3) is 0 Å². The van der Waals surface area contributed by atoms with Gasteiger partial charge < -0.3 is 10.2 Å². The Morgan fingerprint density at radius 3 is 2.16 bits per heavy atom. The Morgan fingerprint density at radius 1 is 1.00 bits per heavy atom. The average Bonchev–Trinajstić information content (AvgIpc) is 2.70. The monoisotopic (exact) mass is 476 g/mol. The highest BCUT2D eigenvalue weighted by Gasteiger charge is 2.28. The lowest BCUT2D eigenvalue weighted by Crippen LogP contribution is -2.52. The second kappa shape index (κ2) is 11.2. The number of hydrogen-bond acceptors (Lipinski definition) is 2. The lowest BCUT2D eigenvalue weighted by Gasteiger charge is -2.31. The van der Waals surface area contributed by atoms with Crippen molar-refractivity contribution in [2.75, 3.05) is 0 Å². The lowest BCUT2D eigenvalue weighted by molar-refractivity contribution is -0.141. The van der Waals surface area contributed by atoms with E-state index in [1.54, 1.807) is 30.0 Å². The van der Waals surface area contributed by atoms with Gasteiger partial charge in [0, 0.05) is 28.5 Å². The summed E-state index contributed by atoms with van der Waals surface area (Å²) < 4.78 is 0. The SMILES string of the molecule is CC(C)c1ccc(CCC(=O)N(Cc2ccc(Cl)cc2Cl)C(C)C(=O)NC(C)(C)C)cc1. The predicted octanol–water partition coefficient (Wildman–Crippen LogP) is 6.38. The maximum Gasteiger partial charge on any atom is 0.242 e. The molecule has 0 saturated carbocycles. The fourth-order valence-electron chi connectivity index (χ4n) is 3.35. The minimum Gasteiger partial charge on any atom is -0.350 e. The van der Waals surface area contributed by atoms with Gasteiger partial charge in [-0.05, 0) is 68.9 Å². The smallest absolute Gasteiger partial charge is 0.242 e. The summed E-state index contributed by atoms with van der Waals surface area (Å²) in [6, 6.07) is 12.9. The maximum atomic E-state index is 13.3. The highest BCUT2D eigenvalue weighted by Crippen LogP contribution is 2.24. The molecule has 0 aliphatic heterocycles. The number of amides is 2. The van der Waals surface area contributed by atoms with Crippen LogP contribution in [0.1, 0.15) is 70.6 Å². The van der Waals surface area contributed by atoms with Crippen molar-refractivity contribution in [2.24, 2.45) is 0 Å². The van der Waals surface area contributed by atoms with Gasteiger partial charge in [0.15, 0.2) is 0 Å². The summed E-state index contributed by atoms with van der Waals surface area (Å²) in [5, 5.41) is 3.97. The molecule has 0 aromatic heterocycles. The van der Waals surface area contributed by atoms with Crippen LogP contribution in [-0.4, -0.2) is 28.3 Å². The van der Waals surface area contributed by atoms with E-state index in [1.165, 1.54) is 5.56 Å². The summed E-state index contributed by atoms with van der Waals surface area (Å²) in [6.07, 6.45) is 0.912. The fourth-order valence-corrected chi connectivity index (χ4v) is 3.82. The molecule has 2 aromatic rings. The van der Waals surface area contributed by atoms with Crippen LogP contribution in [0.5, 0.6) is 0 Å². The van der Waals surface area contributed by atoms with Crippen molar-refractivity contribution < 1.29 is 9.59 Å². The van der Waals surface area contributed by atoms with Crippen LogP contribution in [0.2, 0.25) is 10.0 Å². The zero-order valence-corrected chi connectivity index (χ0v) is 21.3. The Kier molecular flexibility index (Phi) is 9.18. The first-order valence-corrected chi connectivity index (χ1v) is 11.8. The maximum absolute atomic E-state index is 13.3. The molecule has 1 unspecified atom stereocenters. The minimum absolute atomic E-state index is 0.0967. The third-order valence-corrected chi connectivity index (χ3v) is 5.88. The van der Waals surface area contributed by atoms with Crippen LogP contribution in [-0.2, 0) is 22.6 Å². The van der Waals surface area contributed by atoms with Gasteiger partial charge >= 0.3 is 0 Å². The summed E-state index contributed by atoms with van der Waals surface area (Å²) in [6.45, 7) is 12.0. The normalized spacial score (nSPS) is 12.5. The molecule has 4 nitrogen and oxygen atoms in total. The van der Waals surface area contributed by atoms with E-state index in [0.717, 1.165) is 11.1 Å². The Bertz CT molecular complexity index is 934. The van der Waals surface area contributed by atoms with Crippen molar-refractivity contribution in [3.05, 3.63) is 69.2 Å². The number of hydrogen-bond donors (Lipinski definition) is 1. The summed E-state index contributed by atoms with van der Waals surface area (Å²) in [5.41, 5.74) is 2.72. The highest BCUT2D eigenvalue weighted by molar-refractivity contribution is 6.35. The van der Waals surface area contributed by atoms with Crippen molar-refractivity contribution in [1.82, 2.24) is 10.2 Å². The number of nitrogens with one attached hydrogen (secondary N) is 1. The number of rotatable bonds is 8. The van der Waals surface area contributed by atoms with Crippen LogP contribution in [0.15, 0.2) is 42.5 Å².